The van der Waals surface area contributed by atoms with Crippen LogP contribution in [0.25, 0.3) is 0 Å². The van der Waals surface area contributed by atoms with Crippen molar-refractivity contribution in [2.45, 2.75) is 25.7 Å². The molecule has 4 nitrogen and oxygen atoms in total. The summed E-state index contributed by atoms with van der Waals surface area (Å²) in [6, 6.07) is 4.06. The Morgan fingerprint density at radius 3 is 2.67 bits per heavy atom. The molecule has 2 N–H and O–H groups in total. The van der Waals surface area contributed by atoms with Crippen molar-refractivity contribution in [1.82, 2.24) is 4.90 Å². The first-order chi connectivity index (χ1) is 8.66. The SMILES string of the molecule is NC(=O)C1CCN(C(=O)CCc2cccs2)CC1. The zero-order valence-electron chi connectivity index (χ0n) is 10.3. The third kappa shape index (κ3) is 3.32. The topological polar surface area (TPSA) is 63.4 Å². The molecule has 1 aromatic rings. The minimum absolute atomic E-state index is 0.0497. The smallest absolute Gasteiger partial charge is 0.222 e. The fourth-order valence-corrected chi connectivity index (χ4v) is 2.97. The number of nitrogens with two attached hydrogens (primary N) is 1. The Balaban J connectivity index is 1.75. The second-order valence-corrected chi connectivity index (χ2v) is 5.67. The van der Waals surface area contributed by atoms with E-state index in [2.05, 4.69) is 6.07 Å². The van der Waals surface area contributed by atoms with Crippen LogP contribution in [0.15, 0.2) is 17.5 Å². The summed E-state index contributed by atoms with van der Waals surface area (Å²) < 4.78 is 0. The first kappa shape index (κ1) is 13.1. The molecule has 18 heavy (non-hydrogen) atoms. The molecule has 0 radical (unpaired) electrons. The number of rotatable bonds is 4. The van der Waals surface area contributed by atoms with Gasteiger partial charge in [0, 0.05) is 30.3 Å². The Hall–Kier alpha value is -1.36. The van der Waals surface area contributed by atoms with Crippen LogP contribution >= 0.6 is 11.3 Å². The molecular formula is C13H18N2O2S. The van der Waals surface area contributed by atoms with Gasteiger partial charge >= 0.3 is 0 Å². The van der Waals surface area contributed by atoms with E-state index in [0.29, 0.717) is 32.4 Å². The highest BCUT2D eigenvalue weighted by Crippen LogP contribution is 2.18. The van der Waals surface area contributed by atoms with Crippen molar-refractivity contribution in [2.24, 2.45) is 11.7 Å². The maximum Gasteiger partial charge on any atom is 0.222 e. The molecule has 0 bridgehead atoms. The number of thiophene rings is 1. The number of carbonyl (C=O) groups excluding carboxylic acids is 2. The quantitative estimate of drug-likeness (QED) is 0.895. The number of aryl methyl sites for hydroxylation is 1. The van der Waals surface area contributed by atoms with Crippen LogP contribution in [0, 0.1) is 5.92 Å². The average molecular weight is 266 g/mol. The van der Waals surface area contributed by atoms with Gasteiger partial charge in [-0.25, -0.2) is 0 Å². The Morgan fingerprint density at radius 2 is 2.11 bits per heavy atom. The summed E-state index contributed by atoms with van der Waals surface area (Å²) in [4.78, 5) is 26.1. The summed E-state index contributed by atoms with van der Waals surface area (Å²) in [6.45, 7) is 1.33. The minimum Gasteiger partial charge on any atom is -0.369 e. The second-order valence-electron chi connectivity index (χ2n) is 4.64. The van der Waals surface area contributed by atoms with Gasteiger partial charge in [-0.1, -0.05) is 6.07 Å². The third-order valence-corrected chi connectivity index (χ3v) is 4.35. The van der Waals surface area contributed by atoms with E-state index in [1.807, 2.05) is 16.3 Å². The normalized spacial score (nSPS) is 16.8. The van der Waals surface area contributed by atoms with Gasteiger partial charge in [-0.15, -0.1) is 11.3 Å². The molecular weight excluding hydrogens is 248 g/mol. The lowest BCUT2D eigenvalue weighted by atomic mass is 9.96. The molecule has 98 valence electrons. The molecule has 0 spiro atoms. The minimum atomic E-state index is -0.235. The van der Waals surface area contributed by atoms with Gasteiger partial charge in [-0.3, -0.25) is 9.59 Å². The van der Waals surface area contributed by atoms with E-state index >= 15 is 0 Å². The number of amides is 2. The van der Waals surface area contributed by atoms with E-state index in [1.54, 1.807) is 11.3 Å². The number of hydrogen-bond donors (Lipinski definition) is 1. The van der Waals surface area contributed by atoms with Crippen LogP contribution in [0.5, 0.6) is 0 Å². The van der Waals surface area contributed by atoms with Crippen molar-refractivity contribution in [2.75, 3.05) is 13.1 Å². The van der Waals surface area contributed by atoms with Gasteiger partial charge < -0.3 is 10.6 Å². The first-order valence-corrected chi connectivity index (χ1v) is 7.14. The molecule has 0 atom stereocenters. The van der Waals surface area contributed by atoms with Crippen LogP contribution in [0.1, 0.15) is 24.1 Å². The van der Waals surface area contributed by atoms with E-state index in [9.17, 15) is 9.59 Å². The van der Waals surface area contributed by atoms with Crippen molar-refractivity contribution < 1.29 is 9.59 Å². The molecule has 2 heterocycles. The van der Waals surface area contributed by atoms with Crippen molar-refractivity contribution >= 4 is 23.2 Å². The van der Waals surface area contributed by atoms with Crippen molar-refractivity contribution in [1.29, 1.82) is 0 Å². The summed E-state index contributed by atoms with van der Waals surface area (Å²) in [5, 5.41) is 2.03. The van der Waals surface area contributed by atoms with Gasteiger partial charge in [-0.05, 0) is 30.7 Å². The summed E-state index contributed by atoms with van der Waals surface area (Å²) in [5.74, 6) is -0.0987. The van der Waals surface area contributed by atoms with Crippen molar-refractivity contribution in [3.05, 3.63) is 22.4 Å². The van der Waals surface area contributed by atoms with Crippen LogP contribution in [0.2, 0.25) is 0 Å². The second kappa shape index (κ2) is 6.00. The highest BCUT2D eigenvalue weighted by molar-refractivity contribution is 7.09. The Morgan fingerprint density at radius 1 is 1.39 bits per heavy atom. The van der Waals surface area contributed by atoms with Crippen molar-refractivity contribution in [3.8, 4) is 0 Å². The molecule has 2 rings (SSSR count). The number of hydrogen-bond acceptors (Lipinski definition) is 3. The van der Waals surface area contributed by atoms with E-state index in [4.69, 9.17) is 5.73 Å². The molecule has 1 saturated heterocycles. The number of nitrogens with zero attached hydrogens (tertiary/aromatic N) is 1. The zero-order valence-corrected chi connectivity index (χ0v) is 11.1. The zero-order chi connectivity index (χ0) is 13.0. The lowest BCUT2D eigenvalue weighted by Gasteiger charge is -2.30. The Kier molecular flexibility index (Phi) is 4.36. The van der Waals surface area contributed by atoms with Crippen LogP contribution in [-0.2, 0) is 16.0 Å². The van der Waals surface area contributed by atoms with E-state index in [0.717, 1.165) is 6.42 Å². The number of carbonyl (C=O) groups is 2. The maximum absolute atomic E-state index is 12.0. The van der Waals surface area contributed by atoms with E-state index in [-0.39, 0.29) is 17.7 Å². The largest absolute Gasteiger partial charge is 0.369 e. The van der Waals surface area contributed by atoms with Gasteiger partial charge in [0.15, 0.2) is 0 Å². The van der Waals surface area contributed by atoms with Crippen molar-refractivity contribution in [3.63, 3.8) is 0 Å². The summed E-state index contributed by atoms with van der Waals surface area (Å²) in [7, 11) is 0. The summed E-state index contributed by atoms with van der Waals surface area (Å²) >= 11 is 1.68. The summed E-state index contributed by atoms with van der Waals surface area (Å²) in [6.07, 6.45) is 2.79. The molecule has 5 heteroatoms. The standard InChI is InChI=1S/C13H18N2O2S/c14-13(17)10-5-7-15(8-6-10)12(16)4-3-11-2-1-9-18-11/h1-2,9-10H,3-8H2,(H2,14,17). The number of likely N-dealkylation sites (tertiary alicyclic amines) is 1. The first-order valence-electron chi connectivity index (χ1n) is 6.26. The highest BCUT2D eigenvalue weighted by Gasteiger charge is 2.25. The van der Waals surface area contributed by atoms with Gasteiger partial charge in [0.25, 0.3) is 0 Å². The molecule has 0 unspecified atom stereocenters. The van der Waals surface area contributed by atoms with Gasteiger partial charge in [-0.2, -0.15) is 0 Å². The van der Waals surface area contributed by atoms with Crippen LogP contribution in [0.4, 0.5) is 0 Å². The Labute approximate surface area is 111 Å². The predicted molar refractivity (Wildman–Crippen MR) is 71.1 cm³/mol. The molecule has 2 amide bonds. The molecule has 1 fully saturated rings. The molecule has 0 aromatic carbocycles. The lowest BCUT2D eigenvalue weighted by molar-refractivity contribution is -0.134. The fourth-order valence-electron chi connectivity index (χ4n) is 2.26. The highest BCUT2D eigenvalue weighted by atomic mass is 32.1. The molecule has 1 aliphatic heterocycles. The van der Waals surface area contributed by atoms with E-state index in [1.165, 1.54) is 4.88 Å². The predicted octanol–water partition coefficient (Wildman–Crippen LogP) is 1.40. The molecule has 0 saturated carbocycles. The monoisotopic (exact) mass is 266 g/mol. The molecule has 0 aliphatic carbocycles. The number of primary amides is 1. The Bertz CT molecular complexity index is 409. The van der Waals surface area contributed by atoms with Crippen LogP contribution in [-0.4, -0.2) is 29.8 Å². The summed E-state index contributed by atoms with van der Waals surface area (Å²) in [5.41, 5.74) is 5.27. The molecule has 1 aliphatic rings. The fraction of sp³-hybridized carbons (Fsp3) is 0.538. The van der Waals surface area contributed by atoms with Gasteiger partial charge in [0.05, 0.1) is 0 Å². The average Bonchev–Trinajstić information content (AvgIpc) is 2.89. The lowest BCUT2D eigenvalue weighted by Crippen LogP contribution is -2.41. The molecule has 1 aromatic heterocycles. The van der Waals surface area contributed by atoms with Gasteiger partial charge in [0.1, 0.15) is 0 Å². The maximum atomic E-state index is 12.0. The number of piperidine rings is 1. The van der Waals surface area contributed by atoms with E-state index < -0.39 is 0 Å². The third-order valence-electron chi connectivity index (χ3n) is 3.42. The van der Waals surface area contributed by atoms with Gasteiger partial charge in [0.2, 0.25) is 11.8 Å². The van der Waals surface area contributed by atoms with Crippen LogP contribution < -0.4 is 5.73 Å². The van der Waals surface area contributed by atoms with Crippen LogP contribution in [0.3, 0.4) is 0 Å².